The summed E-state index contributed by atoms with van der Waals surface area (Å²) in [4.78, 5) is 0. The Morgan fingerprint density at radius 3 is 2.44 bits per heavy atom. The van der Waals surface area contributed by atoms with Gasteiger partial charge in [0.25, 0.3) is 0 Å². The van der Waals surface area contributed by atoms with Gasteiger partial charge >= 0.3 is 0 Å². The van der Waals surface area contributed by atoms with Crippen LogP contribution in [0.2, 0.25) is 5.02 Å². The first-order chi connectivity index (χ1) is 7.76. The van der Waals surface area contributed by atoms with Crippen molar-refractivity contribution in [1.82, 2.24) is 5.32 Å². The van der Waals surface area contributed by atoms with E-state index >= 15 is 0 Å². The number of hydrogen-bond donors (Lipinski definition) is 1. The molecule has 0 spiro atoms. The fourth-order valence-corrected chi connectivity index (χ4v) is 2.40. The molecule has 2 aliphatic rings. The van der Waals surface area contributed by atoms with Gasteiger partial charge in [-0.15, -0.1) is 0 Å². The third-order valence-corrected chi connectivity index (χ3v) is 4.04. The predicted molar refractivity (Wildman–Crippen MR) is 67.8 cm³/mol. The van der Waals surface area contributed by atoms with Gasteiger partial charge in [0, 0.05) is 17.6 Å². The van der Waals surface area contributed by atoms with Crippen molar-refractivity contribution in [2.45, 2.75) is 38.1 Å². The van der Waals surface area contributed by atoms with E-state index < -0.39 is 0 Å². The summed E-state index contributed by atoms with van der Waals surface area (Å²) in [6.45, 7) is 1.21. The minimum Gasteiger partial charge on any atom is -0.313 e. The fourth-order valence-electron chi connectivity index (χ4n) is 2.28. The van der Waals surface area contributed by atoms with Gasteiger partial charge in [-0.1, -0.05) is 23.7 Å². The average Bonchev–Trinajstić information content (AvgIpc) is 3.14. The van der Waals surface area contributed by atoms with E-state index in [4.69, 9.17) is 11.6 Å². The van der Waals surface area contributed by atoms with Gasteiger partial charge in [0.1, 0.15) is 0 Å². The zero-order valence-electron chi connectivity index (χ0n) is 9.51. The molecule has 0 amide bonds. The smallest absolute Gasteiger partial charge is 0.0406 e. The summed E-state index contributed by atoms with van der Waals surface area (Å²) in [5.41, 5.74) is 2.00. The Kier molecular flexibility index (Phi) is 2.68. The van der Waals surface area contributed by atoms with Crippen LogP contribution in [0.25, 0.3) is 0 Å². The Hall–Kier alpha value is -0.530. The average molecular weight is 236 g/mol. The molecular formula is C14H18ClN. The second-order valence-electron chi connectivity index (χ2n) is 5.46. The molecule has 0 bridgehead atoms. The minimum absolute atomic E-state index is 0.566. The van der Waals surface area contributed by atoms with Gasteiger partial charge in [0.2, 0.25) is 0 Å². The topological polar surface area (TPSA) is 12.0 Å². The van der Waals surface area contributed by atoms with Crippen molar-refractivity contribution < 1.29 is 0 Å². The lowest BCUT2D eigenvalue weighted by atomic mass is 9.96. The number of hydrogen-bond acceptors (Lipinski definition) is 1. The quantitative estimate of drug-likeness (QED) is 0.825. The fraction of sp³-hybridized carbons (Fsp3) is 0.571. The van der Waals surface area contributed by atoms with Crippen molar-refractivity contribution in [3.63, 3.8) is 0 Å². The van der Waals surface area contributed by atoms with Crippen LogP contribution in [0.5, 0.6) is 0 Å². The van der Waals surface area contributed by atoms with Gasteiger partial charge in [-0.25, -0.2) is 0 Å². The normalized spacial score (nSPS) is 22.1. The van der Waals surface area contributed by atoms with Crippen LogP contribution in [0, 0.1) is 5.41 Å². The van der Waals surface area contributed by atoms with Crippen molar-refractivity contribution in [3.8, 4) is 0 Å². The van der Waals surface area contributed by atoms with Crippen LogP contribution in [0.4, 0.5) is 0 Å². The molecule has 1 nitrogen and oxygen atoms in total. The predicted octanol–water partition coefficient (Wildman–Crippen LogP) is 3.41. The van der Waals surface area contributed by atoms with E-state index in [1.54, 1.807) is 0 Å². The lowest BCUT2D eigenvalue weighted by Crippen LogP contribution is -2.27. The molecule has 0 radical (unpaired) electrons. The molecule has 1 aromatic carbocycles. The summed E-state index contributed by atoms with van der Waals surface area (Å²) >= 11 is 5.90. The maximum Gasteiger partial charge on any atom is 0.0406 e. The van der Waals surface area contributed by atoms with Gasteiger partial charge < -0.3 is 5.32 Å². The molecule has 86 valence electrons. The van der Waals surface area contributed by atoms with Crippen LogP contribution in [0.1, 0.15) is 31.2 Å². The number of benzene rings is 1. The molecular weight excluding hydrogens is 218 g/mol. The van der Waals surface area contributed by atoms with E-state index in [1.807, 2.05) is 12.1 Å². The van der Waals surface area contributed by atoms with Crippen molar-refractivity contribution >= 4 is 11.6 Å². The molecule has 2 fully saturated rings. The summed E-state index contributed by atoms with van der Waals surface area (Å²) in [6.07, 6.45) is 6.75. The van der Waals surface area contributed by atoms with Crippen LogP contribution >= 0.6 is 11.6 Å². The summed E-state index contributed by atoms with van der Waals surface area (Å²) in [7, 11) is 0. The second kappa shape index (κ2) is 4.05. The van der Waals surface area contributed by atoms with Gasteiger partial charge in [-0.2, -0.15) is 0 Å². The van der Waals surface area contributed by atoms with Crippen LogP contribution in [-0.2, 0) is 6.42 Å². The van der Waals surface area contributed by atoms with Crippen molar-refractivity contribution in [2.24, 2.45) is 5.41 Å². The van der Waals surface area contributed by atoms with E-state index in [-0.39, 0.29) is 0 Å². The molecule has 2 saturated carbocycles. The van der Waals surface area contributed by atoms with Gasteiger partial charge in [-0.05, 0) is 55.2 Å². The molecule has 16 heavy (non-hydrogen) atoms. The standard InChI is InChI=1S/C14H18ClN/c15-12-3-1-11(2-4-12)9-14(7-8-14)10-16-13-5-6-13/h1-4,13,16H,5-10H2. The maximum absolute atomic E-state index is 5.90. The molecule has 2 aliphatic carbocycles. The first-order valence-electron chi connectivity index (χ1n) is 6.24. The van der Waals surface area contributed by atoms with Crippen molar-refractivity contribution in [3.05, 3.63) is 34.9 Å². The Morgan fingerprint density at radius 2 is 1.88 bits per heavy atom. The summed E-state index contributed by atoms with van der Waals surface area (Å²) in [6, 6.07) is 9.17. The molecule has 0 heterocycles. The zero-order valence-corrected chi connectivity index (χ0v) is 10.3. The van der Waals surface area contributed by atoms with E-state index in [0.717, 1.165) is 11.1 Å². The van der Waals surface area contributed by atoms with Crippen molar-refractivity contribution in [1.29, 1.82) is 0 Å². The van der Waals surface area contributed by atoms with E-state index in [0.29, 0.717) is 5.41 Å². The van der Waals surface area contributed by atoms with Gasteiger partial charge in [-0.3, -0.25) is 0 Å². The molecule has 1 N–H and O–H groups in total. The highest BCUT2D eigenvalue weighted by Crippen LogP contribution is 2.48. The molecule has 0 saturated heterocycles. The van der Waals surface area contributed by atoms with Crippen LogP contribution in [0.3, 0.4) is 0 Å². The third kappa shape index (κ3) is 2.58. The highest BCUT2D eigenvalue weighted by molar-refractivity contribution is 6.30. The Balaban J connectivity index is 1.58. The van der Waals surface area contributed by atoms with Gasteiger partial charge in [0.15, 0.2) is 0 Å². The molecule has 1 aromatic rings. The van der Waals surface area contributed by atoms with Crippen LogP contribution in [-0.4, -0.2) is 12.6 Å². The Bertz CT molecular complexity index is 363. The number of nitrogens with one attached hydrogen (secondary N) is 1. The minimum atomic E-state index is 0.566. The molecule has 0 atom stereocenters. The number of halogens is 1. The van der Waals surface area contributed by atoms with E-state index in [2.05, 4.69) is 17.4 Å². The zero-order chi connectivity index (χ0) is 11.0. The molecule has 0 unspecified atom stereocenters. The lowest BCUT2D eigenvalue weighted by Gasteiger charge is -2.16. The van der Waals surface area contributed by atoms with E-state index in [9.17, 15) is 0 Å². The molecule has 2 heteroatoms. The van der Waals surface area contributed by atoms with Crippen LogP contribution in [0.15, 0.2) is 24.3 Å². The summed E-state index contributed by atoms with van der Waals surface area (Å²) in [5.74, 6) is 0. The van der Waals surface area contributed by atoms with E-state index in [1.165, 1.54) is 44.2 Å². The highest BCUT2D eigenvalue weighted by Gasteiger charge is 2.43. The summed E-state index contributed by atoms with van der Waals surface area (Å²) < 4.78 is 0. The highest BCUT2D eigenvalue weighted by atomic mass is 35.5. The second-order valence-corrected chi connectivity index (χ2v) is 5.89. The molecule has 3 rings (SSSR count). The Labute approximate surface area is 102 Å². The SMILES string of the molecule is Clc1ccc(CC2(CNC3CC3)CC2)cc1. The molecule has 0 aromatic heterocycles. The first kappa shape index (κ1) is 10.6. The monoisotopic (exact) mass is 235 g/mol. The van der Waals surface area contributed by atoms with Crippen molar-refractivity contribution in [2.75, 3.05) is 6.54 Å². The maximum atomic E-state index is 5.90. The first-order valence-corrected chi connectivity index (χ1v) is 6.61. The van der Waals surface area contributed by atoms with Gasteiger partial charge in [0.05, 0.1) is 0 Å². The third-order valence-electron chi connectivity index (χ3n) is 3.79. The number of rotatable bonds is 5. The Morgan fingerprint density at radius 1 is 1.19 bits per heavy atom. The lowest BCUT2D eigenvalue weighted by molar-refractivity contribution is 0.453. The molecule has 0 aliphatic heterocycles. The largest absolute Gasteiger partial charge is 0.313 e. The van der Waals surface area contributed by atoms with Crippen LogP contribution < -0.4 is 5.32 Å². The summed E-state index contributed by atoms with van der Waals surface area (Å²) in [5, 5.41) is 4.50.